The Kier molecular flexibility index (Phi) is 4.86. The zero-order valence-corrected chi connectivity index (χ0v) is 16.9. The Labute approximate surface area is 170 Å². The average Bonchev–Trinajstić information content (AvgIpc) is 2.68. The van der Waals surface area contributed by atoms with E-state index in [9.17, 15) is 4.79 Å². The molecule has 1 heterocycles. The Morgan fingerprint density at radius 3 is 2.29 bits per heavy atom. The molecular weight excluding hydrogens is 370 g/mol. The van der Waals surface area contributed by atoms with Crippen LogP contribution in [-0.2, 0) is 4.79 Å². The van der Waals surface area contributed by atoms with Gasteiger partial charge in [0.1, 0.15) is 11.8 Å². The van der Waals surface area contributed by atoms with Gasteiger partial charge in [-0.1, -0.05) is 54.1 Å². The van der Waals surface area contributed by atoms with Crippen molar-refractivity contribution in [1.29, 1.82) is 0 Å². The molecule has 3 aromatic rings. The number of carbonyl (C=O) groups excluding carboxylic acids is 1. The summed E-state index contributed by atoms with van der Waals surface area (Å²) in [4.78, 5) is 14.9. The molecule has 28 heavy (non-hydrogen) atoms. The van der Waals surface area contributed by atoms with Crippen LogP contribution >= 0.6 is 11.6 Å². The monoisotopic (exact) mass is 391 g/mol. The maximum absolute atomic E-state index is 13.1. The van der Waals surface area contributed by atoms with Gasteiger partial charge in [-0.2, -0.15) is 0 Å². The van der Waals surface area contributed by atoms with Crippen LogP contribution in [0.5, 0.6) is 5.75 Å². The van der Waals surface area contributed by atoms with Gasteiger partial charge in [0.15, 0.2) is 0 Å². The molecule has 0 bridgehead atoms. The minimum atomic E-state index is -0.609. The lowest BCUT2D eigenvalue weighted by atomic mass is 9.89. The second-order valence-corrected chi connectivity index (χ2v) is 7.65. The fraction of sp³-hybridized carbons (Fsp3) is 0.208. The third-order valence-electron chi connectivity index (χ3n) is 5.39. The van der Waals surface area contributed by atoms with Gasteiger partial charge in [0.05, 0.1) is 0 Å². The van der Waals surface area contributed by atoms with Crippen molar-refractivity contribution in [2.45, 2.75) is 32.9 Å². The van der Waals surface area contributed by atoms with Crippen molar-refractivity contribution >= 4 is 23.2 Å². The molecule has 1 saturated heterocycles. The molecular formula is C24H22ClNO2. The predicted molar refractivity (Wildman–Crippen MR) is 113 cm³/mol. The van der Waals surface area contributed by atoms with E-state index in [1.54, 1.807) is 4.90 Å². The van der Waals surface area contributed by atoms with Crippen molar-refractivity contribution in [2.24, 2.45) is 0 Å². The molecule has 2 unspecified atom stereocenters. The highest BCUT2D eigenvalue weighted by Gasteiger charge is 2.51. The molecule has 3 aromatic carbocycles. The summed E-state index contributed by atoms with van der Waals surface area (Å²) in [6.07, 6.45) is -0.609. The number of hydrogen-bond donors (Lipinski definition) is 0. The summed E-state index contributed by atoms with van der Waals surface area (Å²) >= 11 is 6.49. The van der Waals surface area contributed by atoms with Crippen LogP contribution in [-0.4, -0.2) is 12.0 Å². The second-order valence-electron chi connectivity index (χ2n) is 7.25. The minimum absolute atomic E-state index is 0.0589. The van der Waals surface area contributed by atoms with Gasteiger partial charge < -0.3 is 4.74 Å². The van der Waals surface area contributed by atoms with E-state index in [0.717, 1.165) is 28.1 Å². The quantitative estimate of drug-likeness (QED) is 0.526. The first kappa shape index (κ1) is 18.6. The number of hydrogen-bond acceptors (Lipinski definition) is 2. The molecule has 0 aliphatic carbocycles. The Hall–Kier alpha value is -2.78. The van der Waals surface area contributed by atoms with Gasteiger partial charge in [-0.25, -0.2) is 0 Å². The number of anilines is 1. The largest absolute Gasteiger partial charge is 0.478 e. The van der Waals surface area contributed by atoms with Crippen LogP contribution in [0, 0.1) is 20.8 Å². The Bertz CT molecular complexity index is 1050. The number of amides is 1. The number of β-lactam (4-membered cyclic amide) rings is 1. The molecule has 0 radical (unpaired) electrons. The number of benzene rings is 3. The van der Waals surface area contributed by atoms with Crippen LogP contribution in [0.3, 0.4) is 0 Å². The molecule has 1 amide bonds. The van der Waals surface area contributed by atoms with Crippen LogP contribution in [0.2, 0.25) is 5.02 Å². The fourth-order valence-corrected chi connectivity index (χ4v) is 3.83. The van der Waals surface area contributed by atoms with Crippen molar-refractivity contribution in [3.8, 4) is 5.75 Å². The maximum atomic E-state index is 13.1. The van der Waals surface area contributed by atoms with Crippen LogP contribution < -0.4 is 9.64 Å². The van der Waals surface area contributed by atoms with E-state index in [-0.39, 0.29) is 11.9 Å². The maximum Gasteiger partial charge on any atom is 0.271 e. The van der Waals surface area contributed by atoms with Crippen LogP contribution in [0.25, 0.3) is 0 Å². The average molecular weight is 392 g/mol. The van der Waals surface area contributed by atoms with E-state index in [2.05, 4.69) is 13.8 Å². The van der Waals surface area contributed by atoms with E-state index in [1.807, 2.05) is 73.7 Å². The third-order valence-corrected chi connectivity index (χ3v) is 5.73. The number of rotatable bonds is 4. The van der Waals surface area contributed by atoms with E-state index in [1.165, 1.54) is 5.56 Å². The molecule has 142 valence electrons. The fourth-order valence-electron chi connectivity index (χ4n) is 3.58. The summed E-state index contributed by atoms with van der Waals surface area (Å²) in [5.41, 5.74) is 5.09. The number of para-hydroxylation sites is 1. The number of aryl methyl sites for hydroxylation is 3. The van der Waals surface area contributed by atoms with Crippen molar-refractivity contribution in [3.05, 3.63) is 94.0 Å². The van der Waals surface area contributed by atoms with Gasteiger partial charge in [-0.15, -0.1) is 0 Å². The summed E-state index contributed by atoms with van der Waals surface area (Å²) < 4.78 is 6.17. The highest BCUT2D eigenvalue weighted by atomic mass is 35.5. The summed E-state index contributed by atoms with van der Waals surface area (Å²) in [6.45, 7) is 6.09. The number of ether oxygens (including phenoxy) is 1. The normalized spacial score (nSPS) is 18.7. The van der Waals surface area contributed by atoms with Crippen LogP contribution in [0.15, 0.2) is 66.7 Å². The molecule has 3 nitrogen and oxygen atoms in total. The molecule has 1 fully saturated rings. The minimum Gasteiger partial charge on any atom is -0.478 e. The molecule has 0 aromatic heterocycles. The van der Waals surface area contributed by atoms with E-state index < -0.39 is 6.10 Å². The molecule has 1 aliphatic heterocycles. The highest BCUT2D eigenvalue weighted by molar-refractivity contribution is 6.31. The zero-order valence-electron chi connectivity index (χ0n) is 16.1. The number of nitrogens with zero attached hydrogens (tertiary/aromatic N) is 1. The van der Waals surface area contributed by atoms with E-state index in [4.69, 9.17) is 16.3 Å². The van der Waals surface area contributed by atoms with Crippen LogP contribution in [0.1, 0.15) is 28.3 Å². The third kappa shape index (κ3) is 3.16. The van der Waals surface area contributed by atoms with Gasteiger partial charge in [-0.3, -0.25) is 9.69 Å². The number of halogens is 1. The van der Waals surface area contributed by atoms with Crippen molar-refractivity contribution in [3.63, 3.8) is 0 Å². The predicted octanol–water partition coefficient (Wildman–Crippen LogP) is 5.80. The van der Waals surface area contributed by atoms with Crippen molar-refractivity contribution < 1.29 is 9.53 Å². The summed E-state index contributed by atoms with van der Waals surface area (Å²) in [6, 6.07) is 21.2. The van der Waals surface area contributed by atoms with Gasteiger partial charge >= 0.3 is 0 Å². The molecule has 4 heteroatoms. The Morgan fingerprint density at radius 1 is 0.857 bits per heavy atom. The SMILES string of the molecule is Cc1ccc(N2C(=O)C(Oc3ccccc3C)C2c2ccccc2Cl)cc1C. The topological polar surface area (TPSA) is 29.5 Å². The zero-order chi connectivity index (χ0) is 19.8. The Balaban J connectivity index is 1.75. The second kappa shape index (κ2) is 7.33. The summed E-state index contributed by atoms with van der Waals surface area (Å²) in [7, 11) is 0. The number of carbonyl (C=O) groups is 1. The van der Waals surface area contributed by atoms with E-state index >= 15 is 0 Å². The van der Waals surface area contributed by atoms with Crippen molar-refractivity contribution in [1.82, 2.24) is 0 Å². The van der Waals surface area contributed by atoms with E-state index in [0.29, 0.717) is 5.02 Å². The van der Waals surface area contributed by atoms with Gasteiger partial charge in [0.25, 0.3) is 5.91 Å². The van der Waals surface area contributed by atoms with Gasteiger partial charge in [-0.05, 0) is 67.3 Å². The smallest absolute Gasteiger partial charge is 0.271 e. The first-order chi connectivity index (χ1) is 13.5. The van der Waals surface area contributed by atoms with Crippen LogP contribution in [0.4, 0.5) is 5.69 Å². The lowest BCUT2D eigenvalue weighted by molar-refractivity contribution is -0.135. The molecule has 4 rings (SSSR count). The van der Waals surface area contributed by atoms with Crippen molar-refractivity contribution in [2.75, 3.05) is 4.90 Å². The molecule has 0 spiro atoms. The first-order valence-electron chi connectivity index (χ1n) is 9.34. The standard InChI is InChI=1S/C24H22ClNO2/c1-15-12-13-18(14-17(15)3)26-22(19-9-5-6-10-20(19)25)23(24(26)27)28-21-11-7-4-8-16(21)2/h4-14,22-23H,1-3H3. The van der Waals surface area contributed by atoms with Gasteiger partial charge in [0, 0.05) is 10.7 Å². The molecule has 1 aliphatic rings. The molecule has 0 N–H and O–H groups in total. The first-order valence-corrected chi connectivity index (χ1v) is 9.72. The highest BCUT2D eigenvalue weighted by Crippen LogP contribution is 2.44. The lowest BCUT2D eigenvalue weighted by Gasteiger charge is -2.47. The summed E-state index contributed by atoms with van der Waals surface area (Å²) in [5.74, 6) is 0.661. The molecule has 0 saturated carbocycles. The Morgan fingerprint density at radius 2 is 1.57 bits per heavy atom. The van der Waals surface area contributed by atoms with Gasteiger partial charge in [0.2, 0.25) is 6.10 Å². The molecule has 2 atom stereocenters. The summed E-state index contributed by atoms with van der Waals surface area (Å²) in [5, 5.41) is 0.632. The lowest BCUT2D eigenvalue weighted by Crippen LogP contribution is -2.61.